The lowest BCUT2D eigenvalue weighted by atomic mass is 10.3. The predicted octanol–water partition coefficient (Wildman–Crippen LogP) is 1.77. The minimum atomic E-state index is -3.38. The summed E-state index contributed by atoms with van der Waals surface area (Å²) >= 11 is 0. The van der Waals surface area contributed by atoms with Crippen molar-refractivity contribution in [3.63, 3.8) is 0 Å². The lowest BCUT2D eigenvalue weighted by Crippen LogP contribution is -2.16. The lowest BCUT2D eigenvalue weighted by Gasteiger charge is -2.07. The third kappa shape index (κ3) is 4.49. The average Bonchev–Trinajstić information content (AvgIpc) is 2.85. The highest BCUT2D eigenvalue weighted by Gasteiger charge is 2.10. The van der Waals surface area contributed by atoms with E-state index in [1.165, 1.54) is 6.20 Å². The van der Waals surface area contributed by atoms with Crippen molar-refractivity contribution in [3.05, 3.63) is 47.8 Å². The molecule has 0 saturated heterocycles. The number of hydrogen-bond donors (Lipinski definition) is 1. The molecule has 7 nitrogen and oxygen atoms in total. The molecule has 2 aromatic heterocycles. The number of anilines is 1. The average molecular weight is 334 g/mol. The van der Waals surface area contributed by atoms with E-state index in [9.17, 15) is 13.2 Å². The number of nitrogens with zero attached hydrogens (tertiary/aromatic N) is 3. The summed E-state index contributed by atoms with van der Waals surface area (Å²) < 4.78 is 24.2. The van der Waals surface area contributed by atoms with Gasteiger partial charge in [-0.05, 0) is 32.0 Å². The SMILES string of the molecule is C=CS(=O)(=O)CCC(=O)Nc1ccc(-n2nc(C)cc2C)nc1. The van der Waals surface area contributed by atoms with E-state index >= 15 is 0 Å². The summed E-state index contributed by atoms with van der Waals surface area (Å²) in [6, 6.07) is 5.37. The van der Waals surface area contributed by atoms with Crippen LogP contribution in [0.3, 0.4) is 0 Å². The number of aromatic nitrogens is 3. The number of carbonyl (C=O) groups excluding carboxylic acids is 1. The number of pyridine rings is 1. The van der Waals surface area contributed by atoms with Gasteiger partial charge in [-0.25, -0.2) is 18.1 Å². The summed E-state index contributed by atoms with van der Waals surface area (Å²) in [6.45, 7) is 7.03. The van der Waals surface area contributed by atoms with E-state index in [0.717, 1.165) is 16.8 Å². The van der Waals surface area contributed by atoms with Gasteiger partial charge in [-0.3, -0.25) is 4.79 Å². The molecule has 122 valence electrons. The molecular formula is C15H18N4O3S. The number of rotatable bonds is 6. The van der Waals surface area contributed by atoms with Crippen LogP contribution in [0.1, 0.15) is 17.8 Å². The van der Waals surface area contributed by atoms with Crippen LogP contribution < -0.4 is 5.32 Å². The molecule has 0 unspecified atom stereocenters. The maximum atomic E-state index is 11.7. The van der Waals surface area contributed by atoms with E-state index in [1.807, 2.05) is 19.9 Å². The van der Waals surface area contributed by atoms with Crippen LogP contribution in [0, 0.1) is 13.8 Å². The van der Waals surface area contributed by atoms with E-state index in [0.29, 0.717) is 11.5 Å². The molecule has 0 atom stereocenters. The van der Waals surface area contributed by atoms with Crippen molar-refractivity contribution in [1.29, 1.82) is 0 Å². The maximum Gasteiger partial charge on any atom is 0.225 e. The monoisotopic (exact) mass is 334 g/mol. The van der Waals surface area contributed by atoms with Gasteiger partial charge < -0.3 is 5.32 Å². The van der Waals surface area contributed by atoms with Gasteiger partial charge in [-0.15, -0.1) is 0 Å². The first kappa shape index (κ1) is 16.9. The quantitative estimate of drug-likeness (QED) is 0.869. The highest BCUT2D eigenvalue weighted by Crippen LogP contribution is 2.13. The molecule has 2 rings (SSSR count). The number of nitrogens with one attached hydrogen (secondary N) is 1. The van der Waals surface area contributed by atoms with Gasteiger partial charge in [0.2, 0.25) is 5.91 Å². The second-order valence-corrected chi connectivity index (χ2v) is 7.14. The molecular weight excluding hydrogens is 316 g/mol. The second kappa shape index (κ2) is 6.74. The molecule has 2 aromatic rings. The van der Waals surface area contributed by atoms with Crippen molar-refractivity contribution in [2.75, 3.05) is 11.1 Å². The normalized spacial score (nSPS) is 11.2. The van der Waals surface area contributed by atoms with Crippen molar-refractivity contribution in [1.82, 2.24) is 14.8 Å². The Bertz CT molecular complexity index is 823. The fraction of sp³-hybridized carbons (Fsp3) is 0.267. The first-order valence-corrected chi connectivity index (χ1v) is 8.67. The van der Waals surface area contributed by atoms with E-state index in [2.05, 4.69) is 22.0 Å². The fourth-order valence-corrected chi connectivity index (χ4v) is 2.62. The number of amides is 1. The van der Waals surface area contributed by atoms with Crippen molar-refractivity contribution in [2.45, 2.75) is 20.3 Å². The molecule has 0 bridgehead atoms. The maximum absolute atomic E-state index is 11.7. The molecule has 1 amide bonds. The fourth-order valence-electron chi connectivity index (χ4n) is 1.99. The standard InChI is InChI=1S/C15H18N4O3S/c1-4-23(21,22)8-7-15(20)17-13-5-6-14(16-10-13)19-12(3)9-11(2)18-19/h4-6,9-10H,1,7-8H2,2-3H3,(H,17,20). The van der Waals surface area contributed by atoms with E-state index in [4.69, 9.17) is 0 Å². The molecule has 0 radical (unpaired) electrons. The van der Waals surface area contributed by atoms with Crippen molar-refractivity contribution in [3.8, 4) is 5.82 Å². The van der Waals surface area contributed by atoms with Gasteiger partial charge >= 0.3 is 0 Å². The van der Waals surface area contributed by atoms with E-state index in [-0.39, 0.29) is 12.2 Å². The van der Waals surface area contributed by atoms with Crippen LogP contribution in [0.15, 0.2) is 36.4 Å². The Labute approximate surface area is 135 Å². The molecule has 0 aliphatic rings. The van der Waals surface area contributed by atoms with Gasteiger partial charge in [0.1, 0.15) is 0 Å². The Morgan fingerprint density at radius 2 is 2.13 bits per heavy atom. The van der Waals surface area contributed by atoms with Gasteiger partial charge in [0.05, 0.1) is 23.3 Å². The summed E-state index contributed by atoms with van der Waals surface area (Å²) in [4.78, 5) is 16.0. The van der Waals surface area contributed by atoms with E-state index in [1.54, 1.807) is 16.8 Å². The molecule has 1 N–H and O–H groups in total. The van der Waals surface area contributed by atoms with Crippen LogP contribution in [0.2, 0.25) is 0 Å². The molecule has 0 spiro atoms. The minimum absolute atomic E-state index is 0.131. The Kier molecular flexibility index (Phi) is 4.95. The zero-order chi connectivity index (χ0) is 17.0. The molecule has 23 heavy (non-hydrogen) atoms. The first-order chi connectivity index (χ1) is 10.8. The zero-order valence-corrected chi connectivity index (χ0v) is 13.8. The summed E-state index contributed by atoms with van der Waals surface area (Å²) in [6.07, 6.45) is 1.37. The van der Waals surface area contributed by atoms with E-state index < -0.39 is 15.7 Å². The smallest absolute Gasteiger partial charge is 0.225 e. The Hall–Kier alpha value is -2.48. The molecule has 0 fully saturated rings. The lowest BCUT2D eigenvalue weighted by molar-refractivity contribution is -0.115. The molecule has 0 aliphatic heterocycles. The van der Waals surface area contributed by atoms with Gasteiger partial charge in [0.15, 0.2) is 15.7 Å². The second-order valence-electron chi connectivity index (χ2n) is 5.08. The molecule has 2 heterocycles. The topological polar surface area (TPSA) is 94.0 Å². The van der Waals surface area contributed by atoms with Gasteiger partial charge in [-0.2, -0.15) is 5.10 Å². The third-order valence-corrected chi connectivity index (χ3v) is 4.41. The number of carbonyl (C=O) groups is 1. The molecule has 8 heteroatoms. The van der Waals surface area contributed by atoms with Crippen molar-refractivity contribution in [2.24, 2.45) is 0 Å². The van der Waals surface area contributed by atoms with Crippen LogP contribution in [0.4, 0.5) is 5.69 Å². The van der Waals surface area contributed by atoms with Crippen LogP contribution >= 0.6 is 0 Å². The number of hydrogen-bond acceptors (Lipinski definition) is 5. The van der Waals surface area contributed by atoms with Crippen LogP contribution in [-0.2, 0) is 14.6 Å². The number of sulfone groups is 1. The summed E-state index contributed by atoms with van der Waals surface area (Å²) in [7, 11) is -3.38. The molecule has 0 aliphatic carbocycles. The highest BCUT2D eigenvalue weighted by atomic mass is 32.2. The third-order valence-electron chi connectivity index (χ3n) is 3.13. The Morgan fingerprint density at radius 1 is 1.39 bits per heavy atom. The van der Waals surface area contributed by atoms with Crippen LogP contribution in [0.5, 0.6) is 0 Å². The van der Waals surface area contributed by atoms with Crippen molar-refractivity contribution >= 4 is 21.4 Å². The Morgan fingerprint density at radius 3 is 2.65 bits per heavy atom. The highest BCUT2D eigenvalue weighted by molar-refractivity contribution is 7.94. The molecule has 0 saturated carbocycles. The van der Waals surface area contributed by atoms with Crippen LogP contribution in [0.25, 0.3) is 5.82 Å². The zero-order valence-electron chi connectivity index (χ0n) is 13.0. The largest absolute Gasteiger partial charge is 0.325 e. The van der Waals surface area contributed by atoms with Crippen molar-refractivity contribution < 1.29 is 13.2 Å². The predicted molar refractivity (Wildman–Crippen MR) is 88.1 cm³/mol. The summed E-state index contributed by atoms with van der Waals surface area (Å²) in [5.41, 5.74) is 2.35. The summed E-state index contributed by atoms with van der Waals surface area (Å²) in [5, 5.41) is 7.79. The Balaban J connectivity index is 2.01. The summed E-state index contributed by atoms with van der Waals surface area (Å²) in [5.74, 6) is -0.0153. The number of aryl methyl sites for hydroxylation is 2. The van der Waals surface area contributed by atoms with Gasteiger partial charge in [-0.1, -0.05) is 6.58 Å². The van der Waals surface area contributed by atoms with Gasteiger partial charge in [0, 0.05) is 17.5 Å². The molecule has 0 aromatic carbocycles. The minimum Gasteiger partial charge on any atom is -0.325 e. The van der Waals surface area contributed by atoms with Crippen LogP contribution in [-0.4, -0.2) is 34.8 Å². The first-order valence-electron chi connectivity index (χ1n) is 6.95. The van der Waals surface area contributed by atoms with Gasteiger partial charge in [0.25, 0.3) is 0 Å².